The van der Waals surface area contributed by atoms with E-state index in [1.54, 1.807) is 42.1 Å². The maximum absolute atomic E-state index is 15.0. The highest BCUT2D eigenvalue weighted by molar-refractivity contribution is 7.98. The number of nitrogens with two attached hydrogens (primary N) is 1. The summed E-state index contributed by atoms with van der Waals surface area (Å²) in [5, 5.41) is 0.722. The quantitative estimate of drug-likeness (QED) is 0.231. The predicted octanol–water partition coefficient (Wildman–Crippen LogP) is 5.80. The largest absolute Gasteiger partial charge is 0.330 e. The molecule has 1 atom stereocenters. The van der Waals surface area contributed by atoms with Crippen molar-refractivity contribution in [2.24, 2.45) is 5.73 Å². The number of nitrogens with one attached hydrogen (secondary N) is 1. The molecular formula is C29H30ClF2N5O2S. The van der Waals surface area contributed by atoms with Crippen LogP contribution in [0.15, 0.2) is 65.5 Å². The maximum atomic E-state index is 15.0. The van der Waals surface area contributed by atoms with Crippen LogP contribution in [-0.4, -0.2) is 45.6 Å². The van der Waals surface area contributed by atoms with Gasteiger partial charge in [-0.2, -0.15) is 11.8 Å². The Hall–Kier alpha value is -3.47. The lowest BCUT2D eigenvalue weighted by Gasteiger charge is -2.33. The fourth-order valence-corrected chi connectivity index (χ4v) is 5.05. The van der Waals surface area contributed by atoms with E-state index in [4.69, 9.17) is 22.3 Å². The number of amides is 1. The third-order valence-electron chi connectivity index (χ3n) is 6.51. The Morgan fingerprint density at radius 3 is 2.60 bits per heavy atom. The first-order valence-electron chi connectivity index (χ1n) is 12.8. The molecule has 210 valence electrons. The van der Waals surface area contributed by atoms with Crippen LogP contribution in [-0.2, 0) is 0 Å². The fourth-order valence-electron chi connectivity index (χ4n) is 4.43. The van der Waals surface area contributed by atoms with Crippen molar-refractivity contribution in [1.29, 1.82) is 0 Å². The van der Waals surface area contributed by atoms with Gasteiger partial charge in [-0.15, -0.1) is 0 Å². The molecule has 1 amide bonds. The van der Waals surface area contributed by atoms with Crippen LogP contribution < -0.4 is 16.7 Å². The van der Waals surface area contributed by atoms with Gasteiger partial charge in [0.15, 0.2) is 17.5 Å². The average Bonchev–Trinajstić information content (AvgIpc) is 2.95. The van der Waals surface area contributed by atoms with Gasteiger partial charge in [0.05, 0.1) is 28.2 Å². The van der Waals surface area contributed by atoms with Crippen LogP contribution in [0.1, 0.15) is 40.6 Å². The van der Waals surface area contributed by atoms with E-state index >= 15 is 4.39 Å². The molecule has 0 saturated carbocycles. The highest BCUT2D eigenvalue weighted by Crippen LogP contribution is 2.29. The molecule has 0 fully saturated rings. The number of thioether (sulfide) groups is 1. The first-order chi connectivity index (χ1) is 19.3. The number of rotatable bonds is 11. The van der Waals surface area contributed by atoms with Crippen LogP contribution in [0.3, 0.4) is 0 Å². The lowest BCUT2D eigenvalue weighted by atomic mass is 10.1. The number of halogens is 3. The number of carbonyl (C=O) groups is 1. The Morgan fingerprint density at radius 2 is 1.90 bits per heavy atom. The Morgan fingerprint density at radius 1 is 1.15 bits per heavy atom. The lowest BCUT2D eigenvalue weighted by Crippen LogP contribution is -2.42. The highest BCUT2D eigenvalue weighted by atomic mass is 35.5. The third-order valence-corrected chi connectivity index (χ3v) is 7.39. The summed E-state index contributed by atoms with van der Waals surface area (Å²) in [6, 6.07) is 15.7. The number of carbonyl (C=O) groups excluding carboxylic acids is 1. The monoisotopic (exact) mass is 585 g/mol. The van der Waals surface area contributed by atoms with Crippen LogP contribution in [0, 0.1) is 18.6 Å². The summed E-state index contributed by atoms with van der Waals surface area (Å²) in [6.45, 7) is 1.83. The van der Waals surface area contributed by atoms with E-state index in [1.807, 2.05) is 24.5 Å². The number of hydrogen-bond donors (Lipinski definition) is 2. The van der Waals surface area contributed by atoms with Crippen molar-refractivity contribution in [3.63, 3.8) is 0 Å². The van der Waals surface area contributed by atoms with E-state index in [0.717, 1.165) is 0 Å². The molecule has 0 radical (unpaired) electrons. The number of fused-ring (bicyclic) bond motifs is 1. The molecule has 1 heterocycles. The summed E-state index contributed by atoms with van der Waals surface area (Å²) in [5.74, 6) is -2.19. The summed E-state index contributed by atoms with van der Waals surface area (Å²) in [5.41, 5.74) is 9.20. The minimum absolute atomic E-state index is 0.0930. The van der Waals surface area contributed by atoms with Crippen molar-refractivity contribution in [1.82, 2.24) is 14.6 Å². The molecular weight excluding hydrogens is 556 g/mol. The second-order valence-corrected chi connectivity index (χ2v) is 10.7. The molecule has 3 N–H and O–H groups in total. The van der Waals surface area contributed by atoms with Crippen molar-refractivity contribution >= 4 is 45.9 Å². The zero-order valence-corrected chi connectivity index (χ0v) is 23.7. The van der Waals surface area contributed by atoms with E-state index in [-0.39, 0.29) is 24.5 Å². The van der Waals surface area contributed by atoms with Gasteiger partial charge in [-0.3, -0.25) is 15.0 Å². The summed E-state index contributed by atoms with van der Waals surface area (Å²) in [7, 11) is 0. The lowest BCUT2D eigenvalue weighted by molar-refractivity contribution is 0.0652. The molecule has 4 rings (SSSR count). The summed E-state index contributed by atoms with van der Waals surface area (Å²) < 4.78 is 30.9. The molecule has 0 aliphatic heterocycles. The topological polar surface area (TPSA) is 93.2 Å². The van der Waals surface area contributed by atoms with Gasteiger partial charge in [0, 0.05) is 11.6 Å². The average molecular weight is 586 g/mol. The second-order valence-electron chi connectivity index (χ2n) is 9.25. The van der Waals surface area contributed by atoms with Crippen LogP contribution in [0.25, 0.3) is 10.9 Å². The molecule has 7 nitrogen and oxygen atoms in total. The van der Waals surface area contributed by atoms with Crippen molar-refractivity contribution < 1.29 is 13.6 Å². The standard InChI is InChI=1S/C29H30ClF2N5O2S/c1-18-9-11-22(26(32)25(18)31)28(38)36(15-6-14-33)24(13-16-40-2)27-34-23-17-19(30)10-12-21(23)29(39)37(27)35-20-7-4-3-5-8-20/h3-5,7-12,17,24,35H,6,13-16,33H2,1-2H3. The zero-order chi connectivity index (χ0) is 28.8. The normalized spacial score (nSPS) is 11.9. The highest BCUT2D eigenvalue weighted by Gasteiger charge is 2.32. The van der Waals surface area contributed by atoms with Gasteiger partial charge in [-0.05, 0) is 80.3 Å². The first-order valence-corrected chi connectivity index (χ1v) is 14.5. The first kappa shape index (κ1) is 29.5. The Balaban J connectivity index is 1.95. The van der Waals surface area contributed by atoms with Crippen LogP contribution in [0.2, 0.25) is 5.02 Å². The van der Waals surface area contributed by atoms with Gasteiger partial charge in [-0.25, -0.2) is 18.4 Å². The van der Waals surface area contributed by atoms with Gasteiger partial charge >= 0.3 is 0 Å². The van der Waals surface area contributed by atoms with Crippen LogP contribution in [0.4, 0.5) is 14.5 Å². The van der Waals surface area contributed by atoms with E-state index in [2.05, 4.69) is 5.43 Å². The molecule has 1 unspecified atom stereocenters. The Labute approximate surface area is 240 Å². The molecule has 3 aromatic carbocycles. The zero-order valence-electron chi connectivity index (χ0n) is 22.2. The minimum Gasteiger partial charge on any atom is -0.330 e. The van der Waals surface area contributed by atoms with Gasteiger partial charge in [0.25, 0.3) is 11.5 Å². The van der Waals surface area contributed by atoms with Gasteiger partial charge in [-0.1, -0.05) is 35.9 Å². The molecule has 0 aliphatic carbocycles. The van der Waals surface area contributed by atoms with Crippen molar-refractivity contribution in [3.8, 4) is 0 Å². The molecule has 40 heavy (non-hydrogen) atoms. The van der Waals surface area contributed by atoms with Crippen molar-refractivity contribution in [2.45, 2.75) is 25.8 Å². The second kappa shape index (κ2) is 13.3. The van der Waals surface area contributed by atoms with Gasteiger partial charge in [0.2, 0.25) is 0 Å². The van der Waals surface area contributed by atoms with E-state index in [9.17, 15) is 14.0 Å². The maximum Gasteiger partial charge on any atom is 0.280 e. The molecule has 1 aromatic heterocycles. The number of hydrogen-bond acceptors (Lipinski definition) is 6. The van der Waals surface area contributed by atoms with Crippen molar-refractivity contribution in [2.75, 3.05) is 30.5 Å². The molecule has 0 aliphatic rings. The number of aryl methyl sites for hydroxylation is 1. The number of nitrogens with zero attached hydrogens (tertiary/aromatic N) is 3. The smallest absolute Gasteiger partial charge is 0.280 e. The van der Waals surface area contributed by atoms with Crippen LogP contribution in [0.5, 0.6) is 0 Å². The van der Waals surface area contributed by atoms with E-state index < -0.39 is 34.7 Å². The van der Waals surface area contributed by atoms with Gasteiger partial charge < -0.3 is 10.6 Å². The van der Waals surface area contributed by atoms with E-state index in [1.165, 1.54) is 28.6 Å². The van der Waals surface area contributed by atoms with E-state index in [0.29, 0.717) is 40.2 Å². The summed E-state index contributed by atoms with van der Waals surface area (Å²) in [4.78, 5) is 34.0. The summed E-state index contributed by atoms with van der Waals surface area (Å²) in [6.07, 6.45) is 2.69. The Bertz CT molecular complexity index is 1570. The number of benzene rings is 3. The molecule has 0 saturated heterocycles. The third kappa shape index (κ3) is 6.29. The fraction of sp³-hybridized carbons (Fsp3) is 0.276. The van der Waals surface area contributed by atoms with Crippen molar-refractivity contribution in [3.05, 3.63) is 105 Å². The SMILES string of the molecule is CSCCC(c1nc2cc(Cl)ccc2c(=O)n1Nc1ccccc1)N(CCCN)C(=O)c1ccc(C)c(F)c1F. The summed E-state index contributed by atoms with van der Waals surface area (Å²) >= 11 is 7.79. The Kier molecular flexibility index (Phi) is 9.78. The van der Waals surface area contributed by atoms with Crippen LogP contribution >= 0.6 is 23.4 Å². The number of aromatic nitrogens is 2. The molecule has 4 aromatic rings. The number of para-hydroxylation sites is 1. The molecule has 0 bridgehead atoms. The minimum atomic E-state index is -1.22. The molecule has 11 heteroatoms. The number of anilines is 1. The van der Waals surface area contributed by atoms with Gasteiger partial charge in [0.1, 0.15) is 0 Å². The molecule has 0 spiro atoms. The predicted molar refractivity (Wildman–Crippen MR) is 158 cm³/mol.